The molecule has 1 amide bonds. The summed E-state index contributed by atoms with van der Waals surface area (Å²) in [6.07, 6.45) is 9.52. The molecule has 2 aliphatic carbocycles. The molecule has 1 N–H and O–H groups in total. The van der Waals surface area contributed by atoms with Gasteiger partial charge in [-0.3, -0.25) is 4.79 Å². The summed E-state index contributed by atoms with van der Waals surface area (Å²) in [5.74, 6) is 4.14. The van der Waals surface area contributed by atoms with Crippen LogP contribution in [0.25, 0.3) is 0 Å². The summed E-state index contributed by atoms with van der Waals surface area (Å²) in [5, 5.41) is 3.30. The van der Waals surface area contributed by atoms with Crippen LogP contribution in [0.5, 0.6) is 0 Å². The van der Waals surface area contributed by atoms with Crippen molar-refractivity contribution in [1.82, 2.24) is 15.3 Å². The SMILES string of the molecule is CSCCC(=O)NC1CN(c2cc(C3CC3)ncn2)CC1C1CC1. The van der Waals surface area contributed by atoms with E-state index in [1.165, 1.54) is 31.4 Å². The molecule has 2 unspecified atom stereocenters. The van der Waals surface area contributed by atoms with E-state index < -0.39 is 0 Å². The number of rotatable bonds is 7. The molecular formula is C18H26N4OS. The zero-order chi connectivity index (χ0) is 16.5. The second-order valence-corrected chi connectivity index (χ2v) is 8.38. The fourth-order valence-electron chi connectivity index (χ4n) is 3.78. The van der Waals surface area contributed by atoms with E-state index in [9.17, 15) is 4.79 Å². The highest BCUT2D eigenvalue weighted by molar-refractivity contribution is 7.98. The molecule has 1 aromatic rings. The first kappa shape index (κ1) is 16.2. The van der Waals surface area contributed by atoms with E-state index in [2.05, 4.69) is 26.3 Å². The average Bonchev–Trinajstić information content (AvgIpc) is 3.51. The van der Waals surface area contributed by atoms with Crippen LogP contribution >= 0.6 is 11.8 Å². The van der Waals surface area contributed by atoms with Crippen LogP contribution in [0.15, 0.2) is 12.4 Å². The van der Waals surface area contributed by atoms with Crippen molar-refractivity contribution in [3.8, 4) is 0 Å². The Bertz CT molecular complexity index is 602. The van der Waals surface area contributed by atoms with Crippen molar-refractivity contribution in [3.05, 3.63) is 18.1 Å². The normalized spacial score (nSPS) is 26.6. The van der Waals surface area contributed by atoms with Crippen LogP contribution in [0.2, 0.25) is 0 Å². The second-order valence-electron chi connectivity index (χ2n) is 7.40. The number of amides is 1. The number of hydrogen-bond donors (Lipinski definition) is 1. The molecule has 5 nitrogen and oxygen atoms in total. The fourth-order valence-corrected chi connectivity index (χ4v) is 4.17. The first-order chi connectivity index (χ1) is 11.7. The quantitative estimate of drug-likeness (QED) is 0.822. The number of thioether (sulfide) groups is 1. The Kier molecular flexibility index (Phi) is 4.66. The van der Waals surface area contributed by atoms with Gasteiger partial charge in [-0.05, 0) is 37.9 Å². The number of carbonyl (C=O) groups excluding carboxylic acids is 1. The van der Waals surface area contributed by atoms with E-state index in [4.69, 9.17) is 0 Å². The van der Waals surface area contributed by atoms with Gasteiger partial charge < -0.3 is 10.2 Å². The standard InChI is InChI=1S/C18H26N4OS/c1-24-7-6-18(23)21-16-10-22(9-14(16)12-2-3-12)17-8-15(13-4-5-13)19-11-20-17/h8,11-14,16H,2-7,9-10H2,1H3,(H,21,23). The van der Waals surface area contributed by atoms with Gasteiger partial charge in [0.05, 0.1) is 6.04 Å². The highest BCUT2D eigenvalue weighted by Gasteiger charge is 2.43. The third-order valence-corrected chi connectivity index (χ3v) is 6.08. The number of anilines is 1. The van der Waals surface area contributed by atoms with Gasteiger partial charge in [0.25, 0.3) is 0 Å². The molecule has 1 aromatic heterocycles. The van der Waals surface area contributed by atoms with Gasteiger partial charge in [-0.15, -0.1) is 0 Å². The van der Waals surface area contributed by atoms with Gasteiger partial charge in [-0.1, -0.05) is 0 Å². The van der Waals surface area contributed by atoms with Crippen LogP contribution in [-0.2, 0) is 4.79 Å². The molecule has 0 bridgehead atoms. The van der Waals surface area contributed by atoms with Gasteiger partial charge in [0.2, 0.25) is 5.91 Å². The monoisotopic (exact) mass is 346 g/mol. The zero-order valence-electron chi connectivity index (χ0n) is 14.3. The third kappa shape index (κ3) is 3.68. The molecule has 0 radical (unpaired) electrons. The van der Waals surface area contributed by atoms with E-state index in [0.29, 0.717) is 18.3 Å². The molecule has 4 rings (SSSR count). The summed E-state index contributed by atoms with van der Waals surface area (Å²) in [7, 11) is 0. The Morgan fingerprint density at radius 3 is 2.83 bits per heavy atom. The largest absolute Gasteiger partial charge is 0.354 e. The number of hydrogen-bond acceptors (Lipinski definition) is 5. The summed E-state index contributed by atoms with van der Waals surface area (Å²) in [6.45, 7) is 1.90. The van der Waals surface area contributed by atoms with Crippen molar-refractivity contribution < 1.29 is 4.79 Å². The molecule has 0 spiro atoms. The van der Waals surface area contributed by atoms with E-state index in [0.717, 1.165) is 30.6 Å². The van der Waals surface area contributed by atoms with Crippen molar-refractivity contribution in [2.75, 3.05) is 30.0 Å². The molecule has 1 aliphatic heterocycles. The van der Waals surface area contributed by atoms with E-state index in [1.54, 1.807) is 18.1 Å². The zero-order valence-corrected chi connectivity index (χ0v) is 15.1. The Hall–Kier alpha value is -1.30. The molecule has 3 fully saturated rings. The van der Waals surface area contributed by atoms with Crippen LogP contribution in [0.1, 0.15) is 43.7 Å². The number of nitrogens with zero attached hydrogens (tertiary/aromatic N) is 3. The van der Waals surface area contributed by atoms with Crippen molar-refractivity contribution >= 4 is 23.5 Å². The van der Waals surface area contributed by atoms with Gasteiger partial charge in [0, 0.05) is 48.9 Å². The molecule has 1 saturated heterocycles. The van der Waals surface area contributed by atoms with E-state index in [-0.39, 0.29) is 11.9 Å². The maximum Gasteiger partial charge on any atom is 0.221 e. The number of carbonyl (C=O) groups is 1. The predicted molar refractivity (Wildman–Crippen MR) is 97.4 cm³/mol. The Labute approximate surface area is 148 Å². The molecule has 3 aliphatic rings. The lowest BCUT2D eigenvalue weighted by Crippen LogP contribution is -2.41. The van der Waals surface area contributed by atoms with Gasteiger partial charge in [-0.25, -0.2) is 9.97 Å². The molecule has 2 atom stereocenters. The predicted octanol–water partition coefficient (Wildman–Crippen LogP) is 2.44. The van der Waals surface area contributed by atoms with Gasteiger partial charge in [0.1, 0.15) is 12.1 Å². The molecule has 130 valence electrons. The fraction of sp³-hybridized carbons (Fsp3) is 0.722. The minimum atomic E-state index is 0.197. The summed E-state index contributed by atoms with van der Waals surface area (Å²) >= 11 is 1.73. The van der Waals surface area contributed by atoms with E-state index >= 15 is 0 Å². The summed E-state index contributed by atoms with van der Waals surface area (Å²) < 4.78 is 0. The van der Waals surface area contributed by atoms with Crippen molar-refractivity contribution in [2.24, 2.45) is 11.8 Å². The van der Waals surface area contributed by atoms with Gasteiger partial charge in [-0.2, -0.15) is 11.8 Å². The highest BCUT2D eigenvalue weighted by atomic mass is 32.2. The molecule has 2 heterocycles. The number of aromatic nitrogens is 2. The molecule has 0 aromatic carbocycles. The van der Waals surface area contributed by atoms with Crippen LogP contribution in [0, 0.1) is 11.8 Å². The third-order valence-electron chi connectivity index (χ3n) is 5.47. The van der Waals surface area contributed by atoms with Crippen molar-refractivity contribution in [1.29, 1.82) is 0 Å². The molecule has 2 saturated carbocycles. The van der Waals surface area contributed by atoms with Crippen molar-refractivity contribution in [3.63, 3.8) is 0 Å². The first-order valence-corrected chi connectivity index (χ1v) is 10.5. The average molecular weight is 347 g/mol. The maximum atomic E-state index is 12.2. The van der Waals surface area contributed by atoms with Crippen LogP contribution in [-0.4, -0.2) is 47.0 Å². The number of nitrogens with one attached hydrogen (secondary N) is 1. The molecular weight excluding hydrogens is 320 g/mol. The Balaban J connectivity index is 1.43. The van der Waals surface area contributed by atoms with Crippen LogP contribution < -0.4 is 10.2 Å². The van der Waals surface area contributed by atoms with Crippen molar-refractivity contribution in [2.45, 2.75) is 44.1 Å². The van der Waals surface area contributed by atoms with Gasteiger partial charge in [0.15, 0.2) is 0 Å². The smallest absolute Gasteiger partial charge is 0.221 e. The topological polar surface area (TPSA) is 58.1 Å². The lowest BCUT2D eigenvalue weighted by atomic mass is 9.98. The summed E-state index contributed by atoms with van der Waals surface area (Å²) in [6, 6.07) is 2.44. The Morgan fingerprint density at radius 2 is 2.12 bits per heavy atom. The van der Waals surface area contributed by atoms with Crippen LogP contribution in [0.3, 0.4) is 0 Å². The minimum Gasteiger partial charge on any atom is -0.354 e. The lowest BCUT2D eigenvalue weighted by molar-refractivity contribution is -0.121. The summed E-state index contributed by atoms with van der Waals surface area (Å²) in [5.41, 5.74) is 1.19. The molecule has 24 heavy (non-hydrogen) atoms. The van der Waals surface area contributed by atoms with E-state index in [1.807, 2.05) is 6.26 Å². The summed E-state index contributed by atoms with van der Waals surface area (Å²) in [4.78, 5) is 23.5. The lowest BCUT2D eigenvalue weighted by Gasteiger charge is -2.19. The molecule has 6 heteroatoms. The first-order valence-electron chi connectivity index (χ1n) is 9.10. The highest BCUT2D eigenvalue weighted by Crippen LogP contribution is 2.43. The minimum absolute atomic E-state index is 0.197. The van der Waals surface area contributed by atoms with Crippen LogP contribution in [0.4, 0.5) is 5.82 Å². The Morgan fingerprint density at radius 1 is 1.29 bits per heavy atom. The second kappa shape index (κ2) is 6.90. The maximum absolute atomic E-state index is 12.2. The van der Waals surface area contributed by atoms with Gasteiger partial charge >= 0.3 is 0 Å².